The van der Waals surface area contributed by atoms with Crippen molar-refractivity contribution in [2.75, 3.05) is 20.3 Å². The van der Waals surface area contributed by atoms with Gasteiger partial charge in [0.2, 0.25) is 0 Å². The normalized spacial score (nSPS) is 13.0. The van der Waals surface area contributed by atoms with Crippen molar-refractivity contribution in [1.29, 1.82) is 0 Å². The van der Waals surface area contributed by atoms with Crippen molar-refractivity contribution in [3.05, 3.63) is 22.4 Å². The maximum Gasteiger partial charge on any atom is 0.0615 e. The second-order valence-corrected chi connectivity index (χ2v) is 4.18. The molecule has 0 aliphatic carbocycles. The molecular formula is C11H19NOS. The molecule has 1 rings (SSSR count). The average Bonchev–Trinajstić information content (AvgIpc) is 2.69. The predicted octanol–water partition coefficient (Wildman–Crippen LogP) is 2.31. The molecule has 0 spiro atoms. The molecule has 0 fully saturated rings. The van der Waals surface area contributed by atoms with Crippen LogP contribution in [0.2, 0.25) is 0 Å². The quantitative estimate of drug-likeness (QED) is 0.750. The molecule has 2 nitrogen and oxygen atoms in total. The highest BCUT2D eigenvalue weighted by Gasteiger charge is 2.03. The first-order valence-electron chi connectivity index (χ1n) is 5.10. The maximum absolute atomic E-state index is 5.12. The molecule has 0 saturated carbocycles. The highest BCUT2D eigenvalue weighted by atomic mass is 32.1. The summed E-state index contributed by atoms with van der Waals surface area (Å²) in [4.78, 5) is 0. The van der Waals surface area contributed by atoms with Gasteiger partial charge in [-0.15, -0.1) is 0 Å². The van der Waals surface area contributed by atoms with Crippen LogP contribution in [0.25, 0.3) is 0 Å². The zero-order valence-electron chi connectivity index (χ0n) is 8.95. The number of hydrogen-bond donors (Lipinski definition) is 1. The molecule has 0 aliphatic heterocycles. The van der Waals surface area contributed by atoms with E-state index in [0.717, 1.165) is 26.0 Å². The van der Waals surface area contributed by atoms with Gasteiger partial charge in [-0.3, -0.25) is 0 Å². The van der Waals surface area contributed by atoms with Gasteiger partial charge >= 0.3 is 0 Å². The molecule has 0 bridgehead atoms. The molecule has 80 valence electrons. The zero-order valence-corrected chi connectivity index (χ0v) is 9.77. The van der Waals surface area contributed by atoms with Crippen molar-refractivity contribution in [3.63, 3.8) is 0 Å². The number of thiophene rings is 1. The number of methoxy groups -OCH3 is 1. The first-order valence-corrected chi connectivity index (χ1v) is 6.04. The van der Waals surface area contributed by atoms with Crippen LogP contribution in [0.15, 0.2) is 16.8 Å². The first kappa shape index (κ1) is 11.7. The third kappa shape index (κ3) is 4.22. The van der Waals surface area contributed by atoms with E-state index in [1.165, 1.54) is 5.56 Å². The van der Waals surface area contributed by atoms with Crippen LogP contribution in [0.1, 0.15) is 18.9 Å². The van der Waals surface area contributed by atoms with Crippen LogP contribution in [-0.2, 0) is 11.2 Å². The van der Waals surface area contributed by atoms with Crippen molar-refractivity contribution in [2.45, 2.75) is 25.8 Å². The van der Waals surface area contributed by atoms with Gasteiger partial charge in [0.1, 0.15) is 0 Å². The van der Waals surface area contributed by atoms with Crippen LogP contribution >= 0.6 is 11.3 Å². The smallest absolute Gasteiger partial charge is 0.0615 e. The number of nitrogens with one attached hydrogen (secondary N) is 1. The Morgan fingerprint density at radius 3 is 3.00 bits per heavy atom. The summed E-state index contributed by atoms with van der Waals surface area (Å²) >= 11 is 1.76. The van der Waals surface area contributed by atoms with Gasteiger partial charge in [0.15, 0.2) is 0 Å². The van der Waals surface area contributed by atoms with Gasteiger partial charge in [0.25, 0.3) is 0 Å². The molecule has 1 aromatic rings. The highest BCUT2D eigenvalue weighted by Crippen LogP contribution is 2.05. The standard InChI is InChI=1S/C11H19NOS/c1-3-11(8-13-2)12-6-4-10-5-7-14-9-10/h5,7,9,11-12H,3-4,6,8H2,1-2H3. The predicted molar refractivity (Wildman–Crippen MR) is 62.0 cm³/mol. The largest absolute Gasteiger partial charge is 0.383 e. The van der Waals surface area contributed by atoms with Gasteiger partial charge in [-0.2, -0.15) is 11.3 Å². The summed E-state index contributed by atoms with van der Waals surface area (Å²) in [6.07, 6.45) is 2.24. The lowest BCUT2D eigenvalue weighted by Gasteiger charge is -2.15. The molecule has 1 aromatic heterocycles. The van der Waals surface area contributed by atoms with Crippen LogP contribution in [0.3, 0.4) is 0 Å². The van der Waals surface area contributed by atoms with E-state index in [2.05, 4.69) is 29.1 Å². The van der Waals surface area contributed by atoms with Gasteiger partial charge in [-0.25, -0.2) is 0 Å². The van der Waals surface area contributed by atoms with Gasteiger partial charge in [-0.1, -0.05) is 6.92 Å². The lowest BCUT2D eigenvalue weighted by atomic mass is 10.2. The molecule has 0 radical (unpaired) electrons. The van der Waals surface area contributed by atoms with Gasteiger partial charge < -0.3 is 10.1 Å². The summed E-state index contributed by atoms with van der Waals surface area (Å²) in [7, 11) is 1.75. The molecule has 0 aliphatic rings. The average molecular weight is 213 g/mol. The number of ether oxygens (including phenoxy) is 1. The summed E-state index contributed by atoms with van der Waals surface area (Å²) in [6.45, 7) is 4.03. The minimum atomic E-state index is 0.499. The molecule has 1 atom stereocenters. The van der Waals surface area contributed by atoms with Crippen molar-refractivity contribution in [3.8, 4) is 0 Å². The Labute approximate surface area is 90.3 Å². The number of hydrogen-bond acceptors (Lipinski definition) is 3. The van der Waals surface area contributed by atoms with Crippen LogP contribution in [-0.4, -0.2) is 26.3 Å². The fourth-order valence-corrected chi connectivity index (χ4v) is 2.08. The summed E-state index contributed by atoms with van der Waals surface area (Å²) < 4.78 is 5.12. The van der Waals surface area contributed by atoms with Gasteiger partial charge in [-0.05, 0) is 41.8 Å². The highest BCUT2D eigenvalue weighted by molar-refractivity contribution is 7.07. The van der Waals surface area contributed by atoms with Crippen molar-refractivity contribution in [2.24, 2.45) is 0 Å². The van der Waals surface area contributed by atoms with Gasteiger partial charge in [0.05, 0.1) is 6.61 Å². The van der Waals surface area contributed by atoms with E-state index in [1.54, 1.807) is 18.4 Å². The van der Waals surface area contributed by atoms with Crippen molar-refractivity contribution in [1.82, 2.24) is 5.32 Å². The SMILES string of the molecule is CCC(COC)NCCc1ccsc1. The molecule has 0 aromatic carbocycles. The Balaban J connectivity index is 2.13. The molecule has 14 heavy (non-hydrogen) atoms. The van der Waals surface area contributed by atoms with E-state index >= 15 is 0 Å². The summed E-state index contributed by atoms with van der Waals surface area (Å²) in [5.41, 5.74) is 1.43. The van der Waals surface area contributed by atoms with Crippen LogP contribution in [0.4, 0.5) is 0 Å². The fourth-order valence-electron chi connectivity index (χ4n) is 1.38. The Morgan fingerprint density at radius 1 is 1.57 bits per heavy atom. The molecule has 0 saturated heterocycles. The Kier molecular flexibility index (Phi) is 5.83. The van der Waals surface area contributed by atoms with E-state index in [1.807, 2.05) is 0 Å². The van der Waals surface area contributed by atoms with Crippen molar-refractivity contribution >= 4 is 11.3 Å². The van der Waals surface area contributed by atoms with Gasteiger partial charge in [0, 0.05) is 13.2 Å². The second-order valence-electron chi connectivity index (χ2n) is 3.40. The Morgan fingerprint density at radius 2 is 2.43 bits per heavy atom. The lowest BCUT2D eigenvalue weighted by molar-refractivity contribution is 0.165. The second kappa shape index (κ2) is 6.98. The summed E-state index contributed by atoms with van der Waals surface area (Å²) in [5.74, 6) is 0. The summed E-state index contributed by atoms with van der Waals surface area (Å²) in [5, 5.41) is 7.82. The van der Waals surface area contributed by atoms with E-state index in [4.69, 9.17) is 4.74 Å². The molecule has 1 N–H and O–H groups in total. The third-order valence-electron chi connectivity index (χ3n) is 2.29. The van der Waals surface area contributed by atoms with E-state index in [0.29, 0.717) is 6.04 Å². The van der Waals surface area contributed by atoms with Crippen molar-refractivity contribution < 1.29 is 4.74 Å². The minimum absolute atomic E-state index is 0.499. The fraction of sp³-hybridized carbons (Fsp3) is 0.636. The molecular weight excluding hydrogens is 194 g/mol. The van der Waals surface area contributed by atoms with Crippen LogP contribution < -0.4 is 5.32 Å². The summed E-state index contributed by atoms with van der Waals surface area (Å²) in [6, 6.07) is 2.68. The zero-order chi connectivity index (χ0) is 10.2. The maximum atomic E-state index is 5.12. The monoisotopic (exact) mass is 213 g/mol. The number of rotatable bonds is 7. The third-order valence-corrected chi connectivity index (χ3v) is 3.02. The molecule has 0 amide bonds. The van der Waals surface area contributed by atoms with E-state index in [9.17, 15) is 0 Å². The van der Waals surface area contributed by atoms with E-state index < -0.39 is 0 Å². The Bertz CT molecular complexity index is 223. The Hall–Kier alpha value is -0.380. The molecule has 1 unspecified atom stereocenters. The van der Waals surface area contributed by atoms with Crippen LogP contribution in [0, 0.1) is 0 Å². The lowest BCUT2D eigenvalue weighted by Crippen LogP contribution is -2.33. The first-order chi connectivity index (χ1) is 6.86. The molecule has 1 heterocycles. The van der Waals surface area contributed by atoms with E-state index in [-0.39, 0.29) is 0 Å². The minimum Gasteiger partial charge on any atom is -0.383 e. The topological polar surface area (TPSA) is 21.3 Å². The molecule has 3 heteroatoms. The van der Waals surface area contributed by atoms with Crippen LogP contribution in [0.5, 0.6) is 0 Å².